The maximum atomic E-state index is 13.0. The minimum Gasteiger partial charge on any atom is -0.353 e. The van der Waals surface area contributed by atoms with Crippen molar-refractivity contribution in [3.05, 3.63) is 52.2 Å². The number of rotatable bonds is 7. The molecule has 0 aliphatic carbocycles. The van der Waals surface area contributed by atoms with Crippen LogP contribution in [0.15, 0.2) is 46.7 Å². The summed E-state index contributed by atoms with van der Waals surface area (Å²) in [6, 6.07) is 10.5. The second kappa shape index (κ2) is 8.14. The number of carbonyl (C=O) groups excluding carboxylic acids is 1. The topological polar surface area (TPSA) is 63.2 Å². The van der Waals surface area contributed by atoms with Crippen molar-refractivity contribution < 1.29 is 13.2 Å². The highest BCUT2D eigenvalue weighted by atomic mass is 35.5. The number of hydrogen-bond acceptors (Lipinski definition) is 4. The van der Waals surface area contributed by atoms with Crippen molar-refractivity contribution in [2.75, 3.05) is 12.4 Å². The van der Waals surface area contributed by atoms with Crippen LogP contribution in [0.3, 0.4) is 0 Å². The summed E-state index contributed by atoms with van der Waals surface area (Å²) in [5, 5.41) is 3.58. The largest absolute Gasteiger partial charge is 0.353 e. The first-order valence-corrected chi connectivity index (χ1v) is 10.5. The Morgan fingerprint density at radius 1 is 1.21 bits per heavy atom. The highest BCUT2D eigenvalue weighted by Crippen LogP contribution is 2.32. The van der Waals surface area contributed by atoms with Crippen molar-refractivity contribution in [1.82, 2.24) is 5.32 Å². The fourth-order valence-corrected chi connectivity index (χ4v) is 5.18. The van der Waals surface area contributed by atoms with Crippen LogP contribution in [0.25, 0.3) is 0 Å². The van der Waals surface area contributed by atoms with Crippen LogP contribution < -0.4 is 5.32 Å². The third kappa shape index (κ3) is 4.37. The zero-order valence-corrected chi connectivity index (χ0v) is 15.9. The maximum absolute atomic E-state index is 13.0. The van der Waals surface area contributed by atoms with Crippen molar-refractivity contribution in [2.24, 2.45) is 0 Å². The lowest BCUT2D eigenvalue weighted by molar-refractivity contribution is -0.118. The highest BCUT2D eigenvalue weighted by molar-refractivity contribution is 7.91. The van der Waals surface area contributed by atoms with E-state index in [1.54, 1.807) is 24.3 Å². The molecule has 0 radical (unpaired) electrons. The van der Waals surface area contributed by atoms with Crippen LogP contribution in [-0.4, -0.2) is 26.7 Å². The molecule has 1 atom stereocenters. The summed E-state index contributed by atoms with van der Waals surface area (Å²) in [7, 11) is -3.62. The minimum absolute atomic E-state index is 0.000329. The fourth-order valence-electron chi connectivity index (χ4n) is 2.30. The number of amides is 1. The van der Waals surface area contributed by atoms with Gasteiger partial charge in [0.05, 0.1) is 4.90 Å². The standard InChI is InChI=1S/C17H20ClNO3S2/c1-12(2)13-5-7-14(8-6-13)24(21,22)16(11-19-17(20)10-18)15-4-3-9-23-15/h3-9,12,16H,10-11H2,1-2H3,(H,19,20)/t16-/m1/s1. The van der Waals surface area contributed by atoms with Gasteiger partial charge in [-0.2, -0.15) is 0 Å². The molecular weight excluding hydrogens is 366 g/mol. The van der Waals surface area contributed by atoms with Crippen LogP contribution in [0.1, 0.15) is 35.5 Å². The molecule has 0 unspecified atom stereocenters. The molecule has 1 aromatic heterocycles. The van der Waals surface area contributed by atoms with Gasteiger partial charge in [0.2, 0.25) is 5.91 Å². The quantitative estimate of drug-likeness (QED) is 0.738. The van der Waals surface area contributed by atoms with Crippen molar-refractivity contribution >= 4 is 38.7 Å². The smallest absolute Gasteiger partial charge is 0.234 e. The number of benzene rings is 1. The predicted molar refractivity (Wildman–Crippen MR) is 98.5 cm³/mol. The highest BCUT2D eigenvalue weighted by Gasteiger charge is 2.30. The Bertz CT molecular complexity index is 769. The average Bonchev–Trinajstić information content (AvgIpc) is 3.08. The molecule has 1 aromatic carbocycles. The molecule has 2 aromatic rings. The van der Waals surface area contributed by atoms with Crippen molar-refractivity contribution in [3.63, 3.8) is 0 Å². The van der Waals surface area contributed by atoms with E-state index in [-0.39, 0.29) is 23.2 Å². The van der Waals surface area contributed by atoms with Gasteiger partial charge in [-0.15, -0.1) is 22.9 Å². The van der Waals surface area contributed by atoms with Crippen molar-refractivity contribution in [3.8, 4) is 0 Å². The number of hydrogen-bond donors (Lipinski definition) is 1. The van der Waals surface area contributed by atoms with E-state index in [2.05, 4.69) is 19.2 Å². The Morgan fingerprint density at radius 3 is 2.38 bits per heavy atom. The molecule has 0 bridgehead atoms. The average molecular weight is 386 g/mol. The Kier molecular flexibility index (Phi) is 6.43. The predicted octanol–water partition coefficient (Wildman–Crippen LogP) is 3.74. The van der Waals surface area contributed by atoms with E-state index in [0.29, 0.717) is 10.8 Å². The van der Waals surface area contributed by atoms with Gasteiger partial charge in [-0.3, -0.25) is 4.79 Å². The van der Waals surface area contributed by atoms with Gasteiger partial charge in [-0.05, 0) is 35.1 Å². The van der Waals surface area contributed by atoms with E-state index in [1.165, 1.54) is 11.3 Å². The summed E-state index contributed by atoms with van der Waals surface area (Å²) in [6.45, 7) is 4.11. The normalized spacial score (nSPS) is 13.0. The van der Waals surface area contributed by atoms with Gasteiger partial charge >= 0.3 is 0 Å². The molecule has 0 saturated carbocycles. The summed E-state index contributed by atoms with van der Waals surface area (Å²) in [5.41, 5.74) is 1.08. The van der Waals surface area contributed by atoms with E-state index in [4.69, 9.17) is 11.6 Å². The first kappa shape index (κ1) is 19.0. The molecule has 1 N–H and O–H groups in total. The van der Waals surface area contributed by atoms with Crippen LogP contribution in [0.4, 0.5) is 0 Å². The van der Waals surface area contributed by atoms with E-state index < -0.39 is 15.1 Å². The molecule has 0 spiro atoms. The van der Waals surface area contributed by atoms with Crippen LogP contribution in [-0.2, 0) is 14.6 Å². The molecule has 1 heterocycles. The summed E-state index contributed by atoms with van der Waals surface area (Å²) in [4.78, 5) is 12.4. The monoisotopic (exact) mass is 385 g/mol. The maximum Gasteiger partial charge on any atom is 0.234 e. The Morgan fingerprint density at radius 2 is 1.88 bits per heavy atom. The Labute approximate surface area is 151 Å². The van der Waals surface area contributed by atoms with Gasteiger partial charge in [-0.1, -0.05) is 32.0 Å². The van der Waals surface area contributed by atoms with Gasteiger partial charge in [0.15, 0.2) is 9.84 Å². The van der Waals surface area contributed by atoms with E-state index in [1.807, 2.05) is 17.5 Å². The number of carbonyl (C=O) groups is 1. The van der Waals surface area contributed by atoms with E-state index >= 15 is 0 Å². The second-order valence-corrected chi connectivity index (χ2v) is 9.09. The van der Waals surface area contributed by atoms with Crippen molar-refractivity contribution in [2.45, 2.75) is 29.9 Å². The summed E-state index contributed by atoms with van der Waals surface area (Å²) in [6.07, 6.45) is 0. The molecule has 24 heavy (non-hydrogen) atoms. The van der Waals surface area contributed by atoms with Gasteiger partial charge in [0, 0.05) is 11.4 Å². The number of nitrogens with one attached hydrogen (secondary N) is 1. The van der Waals surface area contributed by atoms with E-state index in [0.717, 1.165) is 5.56 Å². The van der Waals surface area contributed by atoms with Crippen LogP contribution in [0.5, 0.6) is 0 Å². The third-order valence-corrected chi connectivity index (χ3v) is 7.19. The fraction of sp³-hybridized carbons (Fsp3) is 0.353. The second-order valence-electron chi connectivity index (χ2n) is 5.71. The van der Waals surface area contributed by atoms with E-state index in [9.17, 15) is 13.2 Å². The molecule has 1 amide bonds. The number of sulfone groups is 1. The zero-order chi connectivity index (χ0) is 17.7. The lowest BCUT2D eigenvalue weighted by atomic mass is 10.0. The van der Waals surface area contributed by atoms with Crippen molar-refractivity contribution in [1.29, 1.82) is 0 Å². The number of thiophene rings is 1. The third-order valence-electron chi connectivity index (χ3n) is 3.72. The molecule has 0 fully saturated rings. The molecule has 0 aliphatic rings. The van der Waals surface area contributed by atoms with Crippen LogP contribution >= 0.6 is 22.9 Å². The Hall–Kier alpha value is -1.37. The lowest BCUT2D eigenvalue weighted by Crippen LogP contribution is -2.32. The minimum atomic E-state index is -3.62. The first-order valence-electron chi connectivity index (χ1n) is 7.56. The lowest BCUT2D eigenvalue weighted by Gasteiger charge is -2.17. The van der Waals surface area contributed by atoms with Crippen LogP contribution in [0.2, 0.25) is 0 Å². The summed E-state index contributed by atoms with van der Waals surface area (Å²) >= 11 is 6.84. The first-order chi connectivity index (χ1) is 11.4. The molecule has 0 aliphatic heterocycles. The molecule has 0 saturated heterocycles. The molecule has 4 nitrogen and oxygen atoms in total. The molecule has 2 rings (SSSR count). The zero-order valence-electron chi connectivity index (χ0n) is 13.5. The Balaban J connectivity index is 2.34. The van der Waals surface area contributed by atoms with Gasteiger partial charge in [-0.25, -0.2) is 8.42 Å². The van der Waals surface area contributed by atoms with Gasteiger partial charge in [0.25, 0.3) is 0 Å². The number of alkyl halides is 1. The molecule has 130 valence electrons. The van der Waals surface area contributed by atoms with Gasteiger partial charge < -0.3 is 5.32 Å². The van der Waals surface area contributed by atoms with Crippen LogP contribution in [0, 0.1) is 0 Å². The summed E-state index contributed by atoms with van der Waals surface area (Å²) < 4.78 is 26.1. The number of halogens is 1. The van der Waals surface area contributed by atoms with Gasteiger partial charge in [0.1, 0.15) is 11.1 Å². The summed E-state index contributed by atoms with van der Waals surface area (Å²) in [5.74, 6) is -0.248. The molecule has 7 heteroatoms. The SMILES string of the molecule is CC(C)c1ccc(S(=O)(=O)[C@H](CNC(=O)CCl)c2cccs2)cc1. The molecular formula is C17H20ClNO3S2.